The Bertz CT molecular complexity index is 833. The molecule has 4 rings (SSSR count). The van der Waals surface area contributed by atoms with Gasteiger partial charge in [-0.15, -0.1) is 11.3 Å². The molecule has 1 saturated heterocycles. The fourth-order valence-corrected chi connectivity index (χ4v) is 4.07. The van der Waals surface area contributed by atoms with Crippen molar-refractivity contribution in [1.29, 1.82) is 0 Å². The van der Waals surface area contributed by atoms with Gasteiger partial charge in [-0.05, 0) is 36.1 Å². The second-order valence-electron chi connectivity index (χ2n) is 6.16. The second-order valence-corrected chi connectivity index (χ2v) is 7.04. The van der Waals surface area contributed by atoms with E-state index in [-0.39, 0.29) is 0 Å². The van der Waals surface area contributed by atoms with Crippen LogP contribution in [0, 0.1) is 13.0 Å². The van der Waals surface area contributed by atoms with Crippen LogP contribution >= 0.6 is 11.3 Å². The molecule has 2 aromatic rings. The molecule has 5 nitrogen and oxygen atoms in total. The summed E-state index contributed by atoms with van der Waals surface area (Å²) in [6.07, 6.45) is 13.4. The number of aryl methyl sites for hydroxylation is 1. The summed E-state index contributed by atoms with van der Waals surface area (Å²) in [7, 11) is 0. The minimum absolute atomic E-state index is 0.705. The summed E-state index contributed by atoms with van der Waals surface area (Å²) in [6.45, 7) is 7.41. The molecule has 0 amide bonds. The largest absolute Gasteiger partial charge is 0.379 e. The third kappa shape index (κ3) is 3.51. The minimum atomic E-state index is 0.705. The zero-order valence-corrected chi connectivity index (χ0v) is 15.1. The van der Waals surface area contributed by atoms with Gasteiger partial charge in [-0.25, -0.2) is 9.97 Å². The van der Waals surface area contributed by atoms with Gasteiger partial charge in [0, 0.05) is 31.9 Å². The Hall–Kier alpha value is -2.02. The number of anilines is 1. The van der Waals surface area contributed by atoms with E-state index < -0.39 is 0 Å². The molecule has 0 spiro atoms. The summed E-state index contributed by atoms with van der Waals surface area (Å²) in [5.74, 6) is 0.964. The van der Waals surface area contributed by atoms with Crippen LogP contribution in [0.25, 0.3) is 10.2 Å². The Kier molecular flexibility index (Phi) is 4.92. The maximum atomic E-state index is 5.40. The Morgan fingerprint density at radius 3 is 3.08 bits per heavy atom. The fraction of sp³-hybridized carbons (Fsp3) is 0.368. The molecule has 4 heterocycles. The highest BCUT2D eigenvalue weighted by Gasteiger charge is 2.18. The monoisotopic (exact) mass is 353 g/mol. The number of ether oxygens (including phenoxy) is 1. The molecule has 0 atom stereocenters. The zero-order chi connectivity index (χ0) is 17.1. The quantitative estimate of drug-likeness (QED) is 0.845. The number of allylic oxidation sites excluding steroid dienone is 3. The van der Waals surface area contributed by atoms with Crippen LogP contribution < -0.4 is 4.90 Å². The van der Waals surface area contributed by atoms with E-state index in [0.717, 1.165) is 54.6 Å². The number of rotatable bonds is 4. The van der Waals surface area contributed by atoms with Crippen molar-refractivity contribution in [2.24, 2.45) is 0 Å². The lowest BCUT2D eigenvalue weighted by molar-refractivity contribution is 0.0434. The number of fused-ring (bicyclic) bond motifs is 1. The molecule has 25 heavy (non-hydrogen) atoms. The molecule has 0 unspecified atom stereocenters. The summed E-state index contributed by atoms with van der Waals surface area (Å²) in [5, 5.41) is 2.14. The van der Waals surface area contributed by atoms with Crippen LogP contribution in [-0.4, -0.2) is 54.3 Å². The van der Waals surface area contributed by atoms with E-state index in [9.17, 15) is 0 Å². The lowest BCUT2D eigenvalue weighted by atomic mass is 10.2. The summed E-state index contributed by atoms with van der Waals surface area (Å²) < 4.78 is 6.54. The second kappa shape index (κ2) is 7.47. The molecule has 2 aromatic heterocycles. The van der Waals surface area contributed by atoms with Crippen LogP contribution in [0.3, 0.4) is 0 Å². The standard InChI is InChI=1S/C19H21N4OS/c1-15-13-25-18-17(15)20-14-21-19(18)23-8-3-2-5-16(23)6-4-7-22-9-11-24-12-10-22/h2,4-6,13-14H,7-12H2,1H3. The van der Waals surface area contributed by atoms with Crippen molar-refractivity contribution in [3.8, 4) is 0 Å². The van der Waals surface area contributed by atoms with E-state index >= 15 is 0 Å². The molecule has 0 aliphatic carbocycles. The van der Waals surface area contributed by atoms with Crippen LogP contribution in [0.2, 0.25) is 0 Å². The lowest BCUT2D eigenvalue weighted by Crippen LogP contribution is -2.36. The number of aromatic nitrogens is 2. The third-order valence-electron chi connectivity index (χ3n) is 4.46. The summed E-state index contributed by atoms with van der Waals surface area (Å²) in [4.78, 5) is 13.6. The van der Waals surface area contributed by atoms with Gasteiger partial charge in [0.25, 0.3) is 0 Å². The van der Waals surface area contributed by atoms with Crippen molar-refractivity contribution in [2.75, 3.05) is 44.3 Å². The van der Waals surface area contributed by atoms with E-state index in [1.165, 1.54) is 5.56 Å². The number of hydrogen-bond acceptors (Lipinski definition) is 6. The zero-order valence-electron chi connectivity index (χ0n) is 14.3. The molecule has 0 N–H and O–H groups in total. The molecule has 129 valence electrons. The van der Waals surface area contributed by atoms with Crippen LogP contribution in [0.1, 0.15) is 5.56 Å². The molecule has 2 aliphatic rings. The van der Waals surface area contributed by atoms with E-state index in [4.69, 9.17) is 4.74 Å². The van der Waals surface area contributed by atoms with Gasteiger partial charge in [-0.3, -0.25) is 4.90 Å². The van der Waals surface area contributed by atoms with Gasteiger partial charge in [0.2, 0.25) is 0 Å². The summed E-state index contributed by atoms with van der Waals surface area (Å²) in [5.41, 5.74) is 3.38. The van der Waals surface area contributed by atoms with Gasteiger partial charge < -0.3 is 9.64 Å². The molecule has 0 aromatic carbocycles. The molecule has 0 bridgehead atoms. The lowest BCUT2D eigenvalue weighted by Gasteiger charge is -2.27. The average molecular weight is 353 g/mol. The Morgan fingerprint density at radius 1 is 1.32 bits per heavy atom. The topological polar surface area (TPSA) is 41.5 Å². The summed E-state index contributed by atoms with van der Waals surface area (Å²) in [6, 6.07) is 0. The van der Waals surface area contributed by atoms with E-state index in [1.54, 1.807) is 17.7 Å². The molecule has 6 heteroatoms. The molecule has 0 saturated carbocycles. The SMILES string of the molecule is Cc1csc2c(N3C[C]=CC=C3C=CCN3CCOCC3)ncnc12. The highest BCUT2D eigenvalue weighted by atomic mass is 32.1. The van der Waals surface area contributed by atoms with Gasteiger partial charge in [-0.2, -0.15) is 0 Å². The van der Waals surface area contributed by atoms with Gasteiger partial charge in [0.05, 0.1) is 23.4 Å². The van der Waals surface area contributed by atoms with Crippen molar-refractivity contribution in [2.45, 2.75) is 6.92 Å². The molecule has 1 radical (unpaired) electrons. The van der Waals surface area contributed by atoms with E-state index in [1.807, 2.05) is 6.08 Å². The third-order valence-corrected chi connectivity index (χ3v) is 5.54. The first-order valence-electron chi connectivity index (χ1n) is 8.53. The van der Waals surface area contributed by atoms with E-state index in [0.29, 0.717) is 6.54 Å². The van der Waals surface area contributed by atoms with Crippen molar-refractivity contribution >= 4 is 27.4 Å². The fourth-order valence-electron chi connectivity index (χ4n) is 3.07. The van der Waals surface area contributed by atoms with Gasteiger partial charge in [0.1, 0.15) is 6.33 Å². The minimum Gasteiger partial charge on any atom is -0.379 e. The van der Waals surface area contributed by atoms with Crippen molar-refractivity contribution in [3.63, 3.8) is 0 Å². The average Bonchev–Trinajstić information content (AvgIpc) is 3.04. The van der Waals surface area contributed by atoms with Gasteiger partial charge >= 0.3 is 0 Å². The summed E-state index contributed by atoms with van der Waals surface area (Å²) >= 11 is 1.70. The van der Waals surface area contributed by atoms with Crippen molar-refractivity contribution in [1.82, 2.24) is 14.9 Å². The molecule has 2 aliphatic heterocycles. The van der Waals surface area contributed by atoms with Crippen LogP contribution in [-0.2, 0) is 4.74 Å². The van der Waals surface area contributed by atoms with Crippen LogP contribution in [0.15, 0.2) is 41.7 Å². The van der Waals surface area contributed by atoms with Gasteiger partial charge in [-0.1, -0.05) is 12.2 Å². The Labute approximate surface area is 151 Å². The highest BCUT2D eigenvalue weighted by molar-refractivity contribution is 7.18. The maximum Gasteiger partial charge on any atom is 0.154 e. The predicted molar refractivity (Wildman–Crippen MR) is 102 cm³/mol. The molecular weight excluding hydrogens is 332 g/mol. The number of morpholine rings is 1. The van der Waals surface area contributed by atoms with Crippen LogP contribution in [0.5, 0.6) is 0 Å². The van der Waals surface area contributed by atoms with Crippen molar-refractivity contribution in [3.05, 3.63) is 53.3 Å². The number of thiophene rings is 1. The smallest absolute Gasteiger partial charge is 0.154 e. The normalized spacial score (nSPS) is 19.1. The van der Waals surface area contributed by atoms with Crippen molar-refractivity contribution < 1.29 is 4.74 Å². The number of nitrogens with zero attached hydrogens (tertiary/aromatic N) is 4. The first-order chi connectivity index (χ1) is 12.3. The molecular formula is C19H21N4OS. The van der Waals surface area contributed by atoms with E-state index in [2.05, 4.69) is 56.4 Å². The van der Waals surface area contributed by atoms with Crippen LogP contribution in [0.4, 0.5) is 5.82 Å². The first kappa shape index (κ1) is 16.4. The molecule has 1 fully saturated rings. The highest BCUT2D eigenvalue weighted by Crippen LogP contribution is 2.33. The predicted octanol–water partition coefficient (Wildman–Crippen LogP) is 2.95. The first-order valence-corrected chi connectivity index (χ1v) is 9.41. The van der Waals surface area contributed by atoms with Gasteiger partial charge in [0.15, 0.2) is 5.82 Å². The maximum absolute atomic E-state index is 5.40. The number of hydrogen-bond donors (Lipinski definition) is 0. The Morgan fingerprint density at radius 2 is 2.20 bits per heavy atom. The Balaban J connectivity index is 1.56.